The molecule has 6 nitrogen and oxygen atoms in total. The summed E-state index contributed by atoms with van der Waals surface area (Å²) in [6.45, 7) is -0.463. The molecule has 18 heavy (non-hydrogen) atoms. The zero-order valence-corrected chi connectivity index (χ0v) is 10.7. The van der Waals surface area contributed by atoms with Crippen LogP contribution in [0.2, 0.25) is 0 Å². The topological polar surface area (TPSA) is 89.7 Å². The predicted molar refractivity (Wildman–Crippen MR) is 62.6 cm³/mol. The van der Waals surface area contributed by atoms with Crippen LogP contribution >= 0.6 is 0 Å². The lowest BCUT2D eigenvalue weighted by molar-refractivity contribution is -0.140. The molecule has 0 aliphatic carbocycles. The number of likely N-dealkylation sites (N-methyl/N-ethyl adjacent to an activating group) is 1. The maximum atomic E-state index is 13.1. The van der Waals surface area contributed by atoms with Crippen LogP contribution in [0.3, 0.4) is 0 Å². The highest BCUT2D eigenvalue weighted by Crippen LogP contribution is 2.19. The summed E-state index contributed by atoms with van der Waals surface area (Å²) in [4.78, 5) is 10.7. The van der Waals surface area contributed by atoms with E-state index in [0.29, 0.717) is 0 Å². The number of nitrogens with two attached hydrogens (primary N) is 1. The van der Waals surface area contributed by atoms with E-state index in [4.69, 9.17) is 5.73 Å². The molecule has 0 fully saturated rings. The molecular formula is C10H13FN2O4S. The summed E-state index contributed by atoms with van der Waals surface area (Å²) in [6, 6.07) is 2.95. The molecular weight excluding hydrogens is 263 g/mol. The Bertz CT molecular complexity index is 539. The third-order valence-electron chi connectivity index (χ3n) is 2.18. The zero-order valence-electron chi connectivity index (χ0n) is 9.88. The third-order valence-corrected chi connectivity index (χ3v) is 3.96. The van der Waals surface area contributed by atoms with Crippen molar-refractivity contribution in [2.45, 2.75) is 4.90 Å². The number of ether oxygens (including phenoxy) is 1. The minimum Gasteiger partial charge on any atom is -0.468 e. The van der Waals surface area contributed by atoms with E-state index in [1.165, 1.54) is 7.05 Å². The fourth-order valence-electron chi connectivity index (χ4n) is 1.24. The molecule has 8 heteroatoms. The Hall–Kier alpha value is -1.67. The van der Waals surface area contributed by atoms with Crippen molar-refractivity contribution in [1.82, 2.24) is 4.31 Å². The zero-order chi connectivity index (χ0) is 13.9. The number of halogens is 1. The molecule has 0 spiro atoms. The molecule has 0 aliphatic rings. The Morgan fingerprint density at radius 2 is 2.06 bits per heavy atom. The molecule has 0 aliphatic heterocycles. The standard InChI is InChI=1S/C10H13FN2O4S/c1-13(6-10(14)17-2)18(15,16)9-4-7(11)3-8(12)5-9/h3-5H,6,12H2,1-2H3. The number of anilines is 1. The molecule has 0 heterocycles. The number of hydrogen-bond acceptors (Lipinski definition) is 5. The highest BCUT2D eigenvalue weighted by atomic mass is 32.2. The van der Waals surface area contributed by atoms with E-state index in [1.54, 1.807) is 0 Å². The second-order valence-electron chi connectivity index (χ2n) is 3.56. The van der Waals surface area contributed by atoms with E-state index >= 15 is 0 Å². The summed E-state index contributed by atoms with van der Waals surface area (Å²) in [5, 5.41) is 0. The molecule has 0 saturated carbocycles. The van der Waals surface area contributed by atoms with Gasteiger partial charge in [0, 0.05) is 12.7 Å². The molecule has 1 rings (SSSR count). The number of hydrogen-bond donors (Lipinski definition) is 1. The molecule has 2 N–H and O–H groups in total. The van der Waals surface area contributed by atoms with Gasteiger partial charge in [-0.1, -0.05) is 0 Å². The Morgan fingerprint density at radius 3 is 2.56 bits per heavy atom. The van der Waals surface area contributed by atoms with Crippen LogP contribution in [0.25, 0.3) is 0 Å². The molecule has 0 unspecified atom stereocenters. The summed E-state index contributed by atoms with van der Waals surface area (Å²) >= 11 is 0. The second-order valence-corrected chi connectivity index (χ2v) is 5.60. The minimum atomic E-state index is -3.98. The highest BCUT2D eigenvalue weighted by Gasteiger charge is 2.24. The van der Waals surface area contributed by atoms with Crippen LogP contribution in [-0.2, 0) is 19.6 Å². The van der Waals surface area contributed by atoms with Gasteiger partial charge >= 0.3 is 5.97 Å². The number of nitrogens with zero attached hydrogens (tertiary/aromatic N) is 1. The van der Waals surface area contributed by atoms with Crippen molar-refractivity contribution < 1.29 is 22.3 Å². The van der Waals surface area contributed by atoms with Crippen LogP contribution in [0, 0.1) is 5.82 Å². The van der Waals surface area contributed by atoms with Gasteiger partial charge in [0.15, 0.2) is 0 Å². The number of rotatable bonds is 4. The van der Waals surface area contributed by atoms with E-state index in [2.05, 4.69) is 4.74 Å². The van der Waals surface area contributed by atoms with E-state index in [1.807, 2.05) is 0 Å². The van der Waals surface area contributed by atoms with Gasteiger partial charge in [-0.2, -0.15) is 4.31 Å². The number of carbonyl (C=O) groups excluding carboxylic acids is 1. The van der Waals surface area contributed by atoms with Gasteiger partial charge in [0.2, 0.25) is 10.0 Å². The van der Waals surface area contributed by atoms with Gasteiger partial charge in [-0.15, -0.1) is 0 Å². The van der Waals surface area contributed by atoms with Gasteiger partial charge < -0.3 is 10.5 Å². The second kappa shape index (κ2) is 5.32. The molecule has 0 bridgehead atoms. The van der Waals surface area contributed by atoms with Crippen molar-refractivity contribution in [3.8, 4) is 0 Å². The SMILES string of the molecule is COC(=O)CN(C)S(=O)(=O)c1cc(N)cc(F)c1. The first-order chi connectivity index (χ1) is 8.27. The summed E-state index contributed by atoms with van der Waals surface area (Å²) in [5.41, 5.74) is 5.36. The number of nitrogen functional groups attached to an aromatic ring is 1. The van der Waals surface area contributed by atoms with Crippen LogP contribution < -0.4 is 5.73 Å². The maximum absolute atomic E-state index is 13.1. The number of esters is 1. The number of methoxy groups -OCH3 is 1. The van der Waals surface area contributed by atoms with Crippen LogP contribution in [0.15, 0.2) is 23.1 Å². The first-order valence-corrected chi connectivity index (χ1v) is 6.30. The van der Waals surface area contributed by atoms with E-state index in [0.717, 1.165) is 29.6 Å². The molecule has 100 valence electrons. The largest absolute Gasteiger partial charge is 0.468 e. The fraction of sp³-hybridized carbons (Fsp3) is 0.300. The Kier molecular flexibility index (Phi) is 4.25. The van der Waals surface area contributed by atoms with Crippen molar-refractivity contribution in [3.05, 3.63) is 24.0 Å². The number of sulfonamides is 1. The van der Waals surface area contributed by atoms with Gasteiger partial charge in [-0.05, 0) is 18.2 Å². The average Bonchev–Trinajstić information content (AvgIpc) is 2.27. The van der Waals surface area contributed by atoms with Gasteiger partial charge in [-0.25, -0.2) is 12.8 Å². The minimum absolute atomic E-state index is 0.0138. The Labute approximate surface area is 104 Å². The van der Waals surface area contributed by atoms with Gasteiger partial charge in [0.1, 0.15) is 12.4 Å². The van der Waals surface area contributed by atoms with Crippen LogP contribution in [0.4, 0.5) is 10.1 Å². The van der Waals surface area contributed by atoms with Crippen molar-refractivity contribution in [2.24, 2.45) is 0 Å². The summed E-state index contributed by atoms with van der Waals surface area (Å²) < 4.78 is 42.2. The van der Waals surface area contributed by atoms with Gasteiger partial charge in [0.25, 0.3) is 0 Å². The molecule has 0 aromatic heterocycles. The predicted octanol–water partition coefficient (Wildman–Crippen LogP) is 0.201. The summed E-state index contributed by atoms with van der Waals surface area (Å²) in [5.74, 6) is -1.48. The smallest absolute Gasteiger partial charge is 0.321 e. The lowest BCUT2D eigenvalue weighted by Gasteiger charge is -2.16. The lowest BCUT2D eigenvalue weighted by atomic mass is 10.3. The highest BCUT2D eigenvalue weighted by molar-refractivity contribution is 7.89. The Morgan fingerprint density at radius 1 is 1.44 bits per heavy atom. The molecule has 1 aromatic carbocycles. The van der Waals surface area contributed by atoms with E-state index < -0.39 is 28.4 Å². The van der Waals surface area contributed by atoms with Gasteiger partial charge in [-0.3, -0.25) is 4.79 Å². The van der Waals surface area contributed by atoms with E-state index in [-0.39, 0.29) is 10.6 Å². The summed E-state index contributed by atoms with van der Waals surface area (Å²) in [6.07, 6.45) is 0. The van der Waals surface area contributed by atoms with Gasteiger partial charge in [0.05, 0.1) is 12.0 Å². The van der Waals surface area contributed by atoms with Crippen LogP contribution in [-0.4, -0.2) is 39.4 Å². The summed E-state index contributed by atoms with van der Waals surface area (Å²) in [7, 11) is -1.65. The van der Waals surface area contributed by atoms with Crippen molar-refractivity contribution in [3.63, 3.8) is 0 Å². The number of carbonyl (C=O) groups is 1. The molecule has 0 atom stereocenters. The first kappa shape index (κ1) is 14.4. The average molecular weight is 276 g/mol. The molecule has 0 saturated heterocycles. The van der Waals surface area contributed by atoms with Crippen molar-refractivity contribution in [1.29, 1.82) is 0 Å². The van der Waals surface area contributed by atoms with Crippen molar-refractivity contribution >= 4 is 21.7 Å². The third kappa shape index (κ3) is 3.17. The number of benzene rings is 1. The first-order valence-electron chi connectivity index (χ1n) is 4.86. The Balaban J connectivity index is 3.09. The quantitative estimate of drug-likeness (QED) is 0.627. The van der Waals surface area contributed by atoms with Crippen molar-refractivity contribution in [2.75, 3.05) is 26.4 Å². The maximum Gasteiger partial charge on any atom is 0.321 e. The molecule has 0 amide bonds. The lowest BCUT2D eigenvalue weighted by Crippen LogP contribution is -2.32. The van der Waals surface area contributed by atoms with Crippen LogP contribution in [0.5, 0.6) is 0 Å². The molecule has 1 aromatic rings. The monoisotopic (exact) mass is 276 g/mol. The molecule has 0 radical (unpaired) electrons. The van der Waals surface area contributed by atoms with Crippen LogP contribution in [0.1, 0.15) is 0 Å². The fourth-order valence-corrected chi connectivity index (χ4v) is 2.43. The van der Waals surface area contributed by atoms with E-state index in [9.17, 15) is 17.6 Å². The normalized spacial score (nSPS) is 11.6.